The zero-order chi connectivity index (χ0) is 14.5. The molecule has 0 spiro atoms. The van der Waals surface area contributed by atoms with E-state index in [2.05, 4.69) is 71.4 Å². The van der Waals surface area contributed by atoms with Crippen LogP contribution in [-0.4, -0.2) is 43.0 Å². The fourth-order valence-electron chi connectivity index (χ4n) is 2.95. The van der Waals surface area contributed by atoms with Crippen molar-refractivity contribution >= 4 is 0 Å². The van der Waals surface area contributed by atoms with E-state index in [-0.39, 0.29) is 0 Å². The molecule has 0 bridgehead atoms. The predicted octanol–water partition coefficient (Wildman–Crippen LogP) is 3.49. The fraction of sp³-hybridized carbons (Fsp3) is 0.368. The third-order valence-corrected chi connectivity index (χ3v) is 4.28. The Balaban J connectivity index is 1.64. The Labute approximate surface area is 128 Å². The van der Waals surface area contributed by atoms with Crippen molar-refractivity contribution in [2.24, 2.45) is 0 Å². The first-order chi connectivity index (χ1) is 10.3. The number of likely N-dealkylation sites (N-methyl/N-ethyl adjacent to an activating group) is 1. The third-order valence-electron chi connectivity index (χ3n) is 4.28. The Bertz CT molecular complexity index is 548. The van der Waals surface area contributed by atoms with Gasteiger partial charge in [-0.3, -0.25) is 4.90 Å². The largest absolute Gasteiger partial charge is 0.305 e. The molecule has 1 aliphatic heterocycles. The van der Waals surface area contributed by atoms with Crippen LogP contribution in [0.25, 0.3) is 11.1 Å². The van der Waals surface area contributed by atoms with Gasteiger partial charge in [0.1, 0.15) is 0 Å². The minimum atomic E-state index is 1.07. The zero-order valence-electron chi connectivity index (χ0n) is 12.8. The van der Waals surface area contributed by atoms with Gasteiger partial charge in [-0.25, -0.2) is 0 Å². The molecule has 0 aliphatic carbocycles. The topological polar surface area (TPSA) is 6.48 Å². The van der Waals surface area contributed by atoms with Crippen LogP contribution in [0.5, 0.6) is 0 Å². The molecule has 1 aliphatic rings. The lowest BCUT2D eigenvalue weighted by Gasteiger charge is -2.20. The summed E-state index contributed by atoms with van der Waals surface area (Å²) in [5, 5.41) is 0. The zero-order valence-corrected chi connectivity index (χ0v) is 12.8. The Hall–Kier alpha value is -1.64. The van der Waals surface area contributed by atoms with E-state index in [1.165, 1.54) is 49.3 Å². The maximum atomic E-state index is 2.57. The monoisotopic (exact) mass is 280 g/mol. The summed E-state index contributed by atoms with van der Waals surface area (Å²) < 4.78 is 0. The number of hydrogen-bond donors (Lipinski definition) is 0. The van der Waals surface area contributed by atoms with E-state index in [4.69, 9.17) is 0 Å². The first-order valence-electron chi connectivity index (χ1n) is 7.86. The van der Waals surface area contributed by atoms with Gasteiger partial charge in [0, 0.05) is 19.6 Å². The van der Waals surface area contributed by atoms with Gasteiger partial charge in [0.25, 0.3) is 0 Å². The van der Waals surface area contributed by atoms with E-state index < -0.39 is 0 Å². The second kappa shape index (κ2) is 6.88. The van der Waals surface area contributed by atoms with Gasteiger partial charge in [-0.05, 0) is 43.2 Å². The van der Waals surface area contributed by atoms with E-state index >= 15 is 0 Å². The summed E-state index contributed by atoms with van der Waals surface area (Å²) in [5.41, 5.74) is 4.01. The number of benzene rings is 2. The van der Waals surface area contributed by atoms with Crippen LogP contribution >= 0.6 is 0 Å². The highest BCUT2D eigenvalue weighted by molar-refractivity contribution is 5.63. The molecule has 1 saturated heterocycles. The van der Waals surface area contributed by atoms with Crippen molar-refractivity contribution in [1.82, 2.24) is 9.80 Å². The minimum absolute atomic E-state index is 1.07. The lowest BCUT2D eigenvalue weighted by atomic mass is 10.0. The highest BCUT2D eigenvalue weighted by Gasteiger charge is 2.12. The molecule has 0 amide bonds. The molecule has 3 rings (SSSR count). The van der Waals surface area contributed by atoms with Crippen molar-refractivity contribution in [3.63, 3.8) is 0 Å². The van der Waals surface area contributed by atoms with Crippen molar-refractivity contribution < 1.29 is 0 Å². The summed E-state index contributed by atoms with van der Waals surface area (Å²) in [6.45, 7) is 5.87. The molecule has 1 fully saturated rings. The van der Waals surface area contributed by atoms with Crippen LogP contribution in [0.15, 0.2) is 54.6 Å². The standard InChI is InChI=1S/C19H24N2/c1-20-12-5-13-21(15-14-20)16-17-8-10-19(11-9-17)18-6-3-2-4-7-18/h2-4,6-11H,5,12-16H2,1H3. The molecule has 2 heteroatoms. The number of rotatable bonds is 3. The van der Waals surface area contributed by atoms with Gasteiger partial charge in [-0.2, -0.15) is 0 Å². The predicted molar refractivity (Wildman–Crippen MR) is 89.3 cm³/mol. The lowest BCUT2D eigenvalue weighted by molar-refractivity contribution is 0.269. The Morgan fingerprint density at radius 1 is 0.762 bits per heavy atom. The van der Waals surface area contributed by atoms with Gasteiger partial charge < -0.3 is 4.90 Å². The average Bonchev–Trinajstić information content (AvgIpc) is 2.74. The summed E-state index contributed by atoms with van der Waals surface area (Å²) in [7, 11) is 2.22. The molecule has 0 radical (unpaired) electrons. The van der Waals surface area contributed by atoms with Crippen LogP contribution in [0, 0.1) is 0 Å². The highest BCUT2D eigenvalue weighted by Crippen LogP contribution is 2.20. The molecule has 0 aromatic heterocycles. The number of hydrogen-bond acceptors (Lipinski definition) is 2. The Morgan fingerprint density at radius 3 is 2.24 bits per heavy atom. The SMILES string of the molecule is CN1CCCN(Cc2ccc(-c3ccccc3)cc2)CC1. The molecular formula is C19H24N2. The van der Waals surface area contributed by atoms with E-state index in [0.29, 0.717) is 0 Å². The Kier molecular flexibility index (Phi) is 4.69. The van der Waals surface area contributed by atoms with Gasteiger partial charge >= 0.3 is 0 Å². The van der Waals surface area contributed by atoms with Gasteiger partial charge in [-0.1, -0.05) is 54.6 Å². The molecule has 1 heterocycles. The molecule has 2 aromatic rings. The van der Waals surface area contributed by atoms with Crippen LogP contribution in [-0.2, 0) is 6.54 Å². The molecule has 110 valence electrons. The first kappa shape index (κ1) is 14.3. The van der Waals surface area contributed by atoms with E-state index in [0.717, 1.165) is 6.54 Å². The molecule has 0 N–H and O–H groups in total. The van der Waals surface area contributed by atoms with Crippen molar-refractivity contribution in [2.45, 2.75) is 13.0 Å². The lowest BCUT2D eigenvalue weighted by Crippen LogP contribution is -2.28. The summed E-state index contributed by atoms with van der Waals surface area (Å²) in [6.07, 6.45) is 1.28. The smallest absolute Gasteiger partial charge is 0.0234 e. The first-order valence-corrected chi connectivity index (χ1v) is 7.86. The van der Waals surface area contributed by atoms with E-state index in [9.17, 15) is 0 Å². The van der Waals surface area contributed by atoms with E-state index in [1.807, 2.05) is 0 Å². The molecule has 2 aromatic carbocycles. The molecule has 0 atom stereocenters. The summed E-state index contributed by atoms with van der Waals surface area (Å²) in [6, 6.07) is 19.6. The highest BCUT2D eigenvalue weighted by atomic mass is 15.2. The van der Waals surface area contributed by atoms with Crippen LogP contribution in [0.1, 0.15) is 12.0 Å². The van der Waals surface area contributed by atoms with Gasteiger partial charge in [0.15, 0.2) is 0 Å². The van der Waals surface area contributed by atoms with Crippen LogP contribution in [0.3, 0.4) is 0 Å². The summed E-state index contributed by atoms with van der Waals surface area (Å²) in [4.78, 5) is 5.00. The van der Waals surface area contributed by atoms with Crippen molar-refractivity contribution in [3.8, 4) is 11.1 Å². The molecule has 21 heavy (non-hydrogen) atoms. The second-order valence-corrected chi connectivity index (χ2v) is 6.00. The normalized spacial score (nSPS) is 17.6. The van der Waals surface area contributed by atoms with Crippen molar-refractivity contribution in [3.05, 3.63) is 60.2 Å². The third kappa shape index (κ3) is 3.93. The van der Waals surface area contributed by atoms with E-state index in [1.54, 1.807) is 0 Å². The van der Waals surface area contributed by atoms with Crippen LogP contribution < -0.4 is 0 Å². The second-order valence-electron chi connectivity index (χ2n) is 6.00. The molecule has 0 unspecified atom stereocenters. The van der Waals surface area contributed by atoms with Crippen molar-refractivity contribution in [2.75, 3.05) is 33.2 Å². The maximum absolute atomic E-state index is 2.57. The van der Waals surface area contributed by atoms with Crippen molar-refractivity contribution in [1.29, 1.82) is 0 Å². The average molecular weight is 280 g/mol. The quantitative estimate of drug-likeness (QED) is 0.849. The Morgan fingerprint density at radius 2 is 1.48 bits per heavy atom. The maximum Gasteiger partial charge on any atom is 0.0234 e. The molecule has 2 nitrogen and oxygen atoms in total. The van der Waals surface area contributed by atoms with Crippen LogP contribution in [0.2, 0.25) is 0 Å². The molecular weight excluding hydrogens is 256 g/mol. The van der Waals surface area contributed by atoms with Crippen LogP contribution in [0.4, 0.5) is 0 Å². The minimum Gasteiger partial charge on any atom is -0.305 e. The van der Waals surface area contributed by atoms with Gasteiger partial charge in [-0.15, -0.1) is 0 Å². The summed E-state index contributed by atoms with van der Waals surface area (Å²) in [5.74, 6) is 0. The van der Waals surface area contributed by atoms with Gasteiger partial charge in [0.05, 0.1) is 0 Å². The molecule has 0 saturated carbocycles. The number of nitrogens with zero attached hydrogens (tertiary/aromatic N) is 2. The summed E-state index contributed by atoms with van der Waals surface area (Å²) >= 11 is 0. The van der Waals surface area contributed by atoms with Gasteiger partial charge in [0.2, 0.25) is 0 Å². The fourth-order valence-corrected chi connectivity index (χ4v) is 2.95.